The first-order chi connectivity index (χ1) is 25.3. The molecule has 0 saturated carbocycles. The summed E-state index contributed by atoms with van der Waals surface area (Å²) >= 11 is 0. The number of hydrogen-bond acceptors (Lipinski definition) is 4. The molecule has 54 heavy (non-hydrogen) atoms. The molecule has 0 bridgehead atoms. The van der Waals surface area contributed by atoms with Crippen molar-refractivity contribution in [2.75, 3.05) is 7.11 Å². The highest BCUT2D eigenvalue weighted by Gasteiger charge is 1.91. The standard InChI is InChI=1S/C10H14O.2C10H14.3C6H6O.FH.H2O/c1-3-9-4-6-10(7-5-9)8-11-2;2*1-3-9-5-7-10(4-2)8-6-9;3*7-6-4-2-1-3-5-6;;/h4-7H,3,8H2,1-2H3;2*5-8H,3-4H2,1-2H3;3*1-5,7H;1H;1H2. The van der Waals surface area contributed by atoms with Crippen LogP contribution < -0.4 is 0 Å². The molecule has 292 valence electrons. The Bertz CT molecular complexity index is 1460. The molecule has 6 heteroatoms. The Labute approximate surface area is 324 Å². The second-order valence-corrected chi connectivity index (χ2v) is 11.7. The lowest BCUT2D eigenvalue weighted by molar-refractivity contribution is 0.185. The smallest absolute Gasteiger partial charge is 0.115 e. The fraction of sp³-hybridized carbons (Fsp3) is 0.250. The summed E-state index contributed by atoms with van der Waals surface area (Å²) in [5.41, 5.74) is 8.33. The van der Waals surface area contributed by atoms with Crippen molar-refractivity contribution in [1.29, 1.82) is 0 Å². The van der Waals surface area contributed by atoms with Crippen molar-refractivity contribution in [1.82, 2.24) is 0 Å². The molecule has 6 aromatic carbocycles. The van der Waals surface area contributed by atoms with Crippen molar-refractivity contribution in [2.45, 2.75) is 73.3 Å². The van der Waals surface area contributed by atoms with Crippen LogP contribution in [-0.2, 0) is 43.4 Å². The van der Waals surface area contributed by atoms with Gasteiger partial charge in [0.15, 0.2) is 0 Å². The summed E-state index contributed by atoms with van der Waals surface area (Å²) in [6.45, 7) is 11.6. The average molecular weight is 739 g/mol. The molecule has 0 spiro atoms. The van der Waals surface area contributed by atoms with Crippen molar-refractivity contribution in [3.8, 4) is 17.2 Å². The van der Waals surface area contributed by atoms with Crippen molar-refractivity contribution in [3.05, 3.63) is 197 Å². The fourth-order valence-electron chi connectivity index (χ4n) is 4.34. The van der Waals surface area contributed by atoms with Crippen LogP contribution in [0.3, 0.4) is 0 Å². The number of methoxy groups -OCH3 is 1. The second kappa shape index (κ2) is 33.4. The first-order valence-corrected chi connectivity index (χ1v) is 18.2. The number of aromatic hydroxyl groups is 3. The zero-order valence-corrected chi connectivity index (χ0v) is 33.0. The Morgan fingerprint density at radius 1 is 0.333 bits per heavy atom. The van der Waals surface area contributed by atoms with E-state index in [-0.39, 0.29) is 10.2 Å². The van der Waals surface area contributed by atoms with E-state index in [0.29, 0.717) is 23.9 Å². The van der Waals surface area contributed by atoms with Gasteiger partial charge in [-0.15, -0.1) is 0 Å². The van der Waals surface area contributed by atoms with Crippen LogP contribution in [0.1, 0.15) is 68.0 Å². The van der Waals surface area contributed by atoms with Gasteiger partial charge in [0.05, 0.1) is 6.61 Å². The quantitative estimate of drug-likeness (QED) is 0.152. The number of para-hydroxylation sites is 3. The van der Waals surface area contributed by atoms with Crippen LogP contribution in [0, 0.1) is 0 Å². The summed E-state index contributed by atoms with van der Waals surface area (Å²) in [5, 5.41) is 25.9. The molecule has 0 amide bonds. The molecule has 0 aliphatic heterocycles. The average Bonchev–Trinajstić information content (AvgIpc) is 3.20. The molecular weight excluding hydrogens is 676 g/mol. The van der Waals surface area contributed by atoms with Gasteiger partial charge < -0.3 is 25.5 Å². The van der Waals surface area contributed by atoms with Crippen LogP contribution in [0.15, 0.2) is 164 Å². The van der Waals surface area contributed by atoms with Crippen molar-refractivity contribution >= 4 is 0 Å². The third-order valence-corrected chi connectivity index (χ3v) is 7.69. The number of benzene rings is 6. The summed E-state index contributed by atoms with van der Waals surface area (Å²) in [7, 11) is 1.72. The topological polar surface area (TPSA) is 101 Å². The number of halogens is 1. The van der Waals surface area contributed by atoms with E-state index in [9.17, 15) is 0 Å². The highest BCUT2D eigenvalue weighted by Crippen LogP contribution is 2.08. The lowest BCUT2D eigenvalue weighted by Gasteiger charge is -2.00. The molecule has 0 fully saturated rings. The van der Waals surface area contributed by atoms with Crippen LogP contribution >= 0.6 is 0 Å². The molecule has 6 rings (SSSR count). The maximum atomic E-state index is 8.63. The highest BCUT2D eigenvalue weighted by molar-refractivity contribution is 5.24. The summed E-state index contributed by atoms with van der Waals surface area (Å²) in [6, 6.07) is 52.3. The number of ether oxygens (including phenoxy) is 1. The Balaban J connectivity index is 0. The lowest BCUT2D eigenvalue weighted by atomic mass is 10.1. The van der Waals surface area contributed by atoms with Gasteiger partial charge in [-0.2, -0.15) is 0 Å². The van der Waals surface area contributed by atoms with E-state index >= 15 is 0 Å². The fourth-order valence-corrected chi connectivity index (χ4v) is 4.34. The van der Waals surface area contributed by atoms with Gasteiger partial charge in [0.2, 0.25) is 0 Å². The minimum Gasteiger partial charge on any atom is -0.508 e. The van der Waals surface area contributed by atoms with Gasteiger partial charge >= 0.3 is 0 Å². The van der Waals surface area contributed by atoms with Crippen LogP contribution in [0.25, 0.3) is 0 Å². The molecule has 0 aromatic heterocycles. The third-order valence-electron chi connectivity index (χ3n) is 7.69. The van der Waals surface area contributed by atoms with Gasteiger partial charge in [0.1, 0.15) is 17.2 Å². The van der Waals surface area contributed by atoms with Crippen molar-refractivity contribution in [3.63, 3.8) is 0 Å². The van der Waals surface area contributed by atoms with Crippen molar-refractivity contribution in [2.24, 2.45) is 0 Å². The SMILES string of the molecule is CCc1ccc(CC)cc1.CCc1ccc(CC)cc1.CCc1ccc(COC)cc1.F.O.Oc1ccccc1.Oc1ccccc1.Oc1ccccc1. The number of phenols is 3. The maximum absolute atomic E-state index is 8.63. The van der Waals surface area contributed by atoms with E-state index in [1.807, 2.05) is 18.2 Å². The third kappa shape index (κ3) is 25.5. The van der Waals surface area contributed by atoms with E-state index in [1.165, 1.54) is 33.4 Å². The largest absolute Gasteiger partial charge is 0.508 e. The minimum absolute atomic E-state index is 0. The Morgan fingerprint density at radius 3 is 0.648 bits per heavy atom. The van der Waals surface area contributed by atoms with E-state index in [0.717, 1.165) is 32.1 Å². The summed E-state index contributed by atoms with van der Waals surface area (Å²) in [5.74, 6) is 0.965. The van der Waals surface area contributed by atoms with Gasteiger partial charge in [-0.25, -0.2) is 0 Å². The van der Waals surface area contributed by atoms with E-state index in [4.69, 9.17) is 20.1 Å². The number of rotatable bonds is 7. The van der Waals surface area contributed by atoms with E-state index in [2.05, 4.69) is 107 Å². The zero-order chi connectivity index (χ0) is 38.2. The first-order valence-electron chi connectivity index (χ1n) is 18.2. The molecular formula is C48H63FO5. The molecule has 0 heterocycles. The number of aryl methyl sites for hydroxylation is 5. The van der Waals surface area contributed by atoms with Crippen LogP contribution in [-0.4, -0.2) is 27.9 Å². The van der Waals surface area contributed by atoms with Crippen LogP contribution in [0.4, 0.5) is 4.70 Å². The summed E-state index contributed by atoms with van der Waals surface area (Å²) in [6.07, 6.45) is 5.68. The molecule has 0 saturated heterocycles. The maximum Gasteiger partial charge on any atom is 0.115 e. The highest BCUT2D eigenvalue weighted by atomic mass is 19.0. The minimum atomic E-state index is 0. The lowest BCUT2D eigenvalue weighted by Crippen LogP contribution is -1.87. The van der Waals surface area contributed by atoms with Gasteiger partial charge in [-0.3, -0.25) is 4.70 Å². The van der Waals surface area contributed by atoms with E-state index in [1.54, 1.807) is 79.9 Å². The Hall–Kier alpha value is -5.43. The molecule has 0 radical (unpaired) electrons. The first kappa shape index (κ1) is 50.7. The van der Waals surface area contributed by atoms with E-state index < -0.39 is 0 Å². The monoisotopic (exact) mass is 738 g/mol. The molecule has 0 atom stereocenters. The molecule has 0 unspecified atom stereocenters. The zero-order valence-electron chi connectivity index (χ0n) is 33.0. The molecule has 6 aromatic rings. The predicted molar refractivity (Wildman–Crippen MR) is 227 cm³/mol. The molecule has 5 N–H and O–H groups in total. The number of hydrogen-bond donors (Lipinski definition) is 3. The normalized spacial score (nSPS) is 9.00. The Morgan fingerprint density at radius 2 is 0.519 bits per heavy atom. The van der Waals surface area contributed by atoms with Crippen LogP contribution in [0.5, 0.6) is 17.2 Å². The molecule has 0 aliphatic carbocycles. The summed E-state index contributed by atoms with van der Waals surface area (Å²) < 4.78 is 5.00. The van der Waals surface area contributed by atoms with Crippen LogP contribution in [0.2, 0.25) is 0 Å². The van der Waals surface area contributed by atoms with Gasteiger partial charge in [-0.1, -0.05) is 162 Å². The summed E-state index contributed by atoms with van der Waals surface area (Å²) in [4.78, 5) is 0. The molecule has 0 aliphatic rings. The Kier molecular flexibility index (Phi) is 31.4. The number of phenolic OH excluding ortho intramolecular Hbond substituents is 3. The van der Waals surface area contributed by atoms with Gasteiger partial charge in [0, 0.05) is 7.11 Å². The second-order valence-electron chi connectivity index (χ2n) is 11.7. The van der Waals surface area contributed by atoms with Gasteiger partial charge in [0.25, 0.3) is 0 Å². The predicted octanol–water partition coefficient (Wildman–Crippen LogP) is 11.5. The van der Waals surface area contributed by atoms with Crippen molar-refractivity contribution < 1.29 is 30.2 Å². The molecule has 5 nitrogen and oxygen atoms in total. The van der Waals surface area contributed by atoms with Gasteiger partial charge in [-0.05, 0) is 102 Å².